The second-order valence-electron chi connectivity index (χ2n) is 7.10. The highest BCUT2D eigenvalue weighted by Gasteiger charge is 2.23. The summed E-state index contributed by atoms with van der Waals surface area (Å²) in [6, 6.07) is 15.9. The van der Waals surface area contributed by atoms with Gasteiger partial charge in [-0.2, -0.15) is 15.9 Å². The Labute approximate surface area is 172 Å². The number of aromatic nitrogens is 4. The fourth-order valence-corrected chi connectivity index (χ4v) is 4.27. The van der Waals surface area contributed by atoms with Gasteiger partial charge in [0.1, 0.15) is 5.82 Å². The number of carbonyl (C=O) groups is 1. The van der Waals surface area contributed by atoms with Crippen LogP contribution in [0.4, 0.5) is 5.82 Å². The van der Waals surface area contributed by atoms with E-state index in [0.717, 1.165) is 54.3 Å². The molecular formula is C21H20N6OS. The zero-order valence-corrected chi connectivity index (χ0v) is 16.5. The van der Waals surface area contributed by atoms with Crippen LogP contribution < -0.4 is 10.2 Å². The van der Waals surface area contributed by atoms with Gasteiger partial charge in [0.15, 0.2) is 11.5 Å². The van der Waals surface area contributed by atoms with Gasteiger partial charge >= 0.3 is 0 Å². The SMILES string of the molecule is O=C(NC1CCN(c2ccc3nnc(-c4ccccc4)n3n2)CC1)c1ccsc1. The molecule has 1 fully saturated rings. The molecule has 0 aliphatic carbocycles. The van der Waals surface area contributed by atoms with Crippen LogP contribution in [0, 0.1) is 0 Å². The largest absolute Gasteiger partial charge is 0.355 e. The number of nitrogens with one attached hydrogen (secondary N) is 1. The van der Waals surface area contributed by atoms with Crippen LogP contribution in [0.25, 0.3) is 17.0 Å². The minimum absolute atomic E-state index is 0.0150. The van der Waals surface area contributed by atoms with Gasteiger partial charge in [-0.05, 0) is 36.4 Å². The summed E-state index contributed by atoms with van der Waals surface area (Å²) in [5.74, 6) is 1.65. The van der Waals surface area contributed by atoms with Crippen molar-refractivity contribution in [3.63, 3.8) is 0 Å². The molecule has 0 atom stereocenters. The zero-order chi connectivity index (χ0) is 19.6. The molecule has 8 heteroatoms. The lowest BCUT2D eigenvalue weighted by Crippen LogP contribution is -2.45. The first-order valence-electron chi connectivity index (χ1n) is 9.64. The monoisotopic (exact) mass is 404 g/mol. The smallest absolute Gasteiger partial charge is 0.252 e. The molecule has 0 saturated carbocycles. The number of fused-ring (bicyclic) bond motifs is 1. The quantitative estimate of drug-likeness (QED) is 0.565. The maximum Gasteiger partial charge on any atom is 0.252 e. The molecule has 4 heterocycles. The van der Waals surface area contributed by atoms with Gasteiger partial charge in [0.25, 0.3) is 5.91 Å². The molecule has 0 unspecified atom stereocenters. The first-order chi connectivity index (χ1) is 14.3. The van der Waals surface area contributed by atoms with E-state index in [0.29, 0.717) is 0 Å². The van der Waals surface area contributed by atoms with Crippen molar-refractivity contribution in [3.8, 4) is 11.4 Å². The summed E-state index contributed by atoms with van der Waals surface area (Å²) >= 11 is 1.54. The van der Waals surface area contributed by atoms with Gasteiger partial charge in [0.2, 0.25) is 0 Å². The molecule has 7 nitrogen and oxygen atoms in total. The number of hydrogen-bond acceptors (Lipinski definition) is 6. The van der Waals surface area contributed by atoms with Gasteiger partial charge in [-0.1, -0.05) is 30.3 Å². The third-order valence-corrected chi connectivity index (χ3v) is 5.90. The Morgan fingerprint density at radius 3 is 2.62 bits per heavy atom. The molecule has 1 amide bonds. The molecule has 1 saturated heterocycles. The number of anilines is 1. The number of hydrogen-bond donors (Lipinski definition) is 1. The first-order valence-corrected chi connectivity index (χ1v) is 10.6. The lowest BCUT2D eigenvalue weighted by molar-refractivity contribution is 0.0931. The summed E-state index contributed by atoms with van der Waals surface area (Å²) in [5, 5.41) is 20.3. The summed E-state index contributed by atoms with van der Waals surface area (Å²) in [4.78, 5) is 14.5. The lowest BCUT2D eigenvalue weighted by atomic mass is 10.0. The molecule has 0 radical (unpaired) electrons. The molecule has 1 aromatic carbocycles. The molecular weight excluding hydrogens is 384 g/mol. The van der Waals surface area contributed by atoms with Gasteiger partial charge in [-0.3, -0.25) is 4.79 Å². The highest BCUT2D eigenvalue weighted by molar-refractivity contribution is 7.08. The molecule has 5 rings (SSSR count). The van der Waals surface area contributed by atoms with E-state index in [9.17, 15) is 4.79 Å². The van der Waals surface area contributed by atoms with E-state index < -0.39 is 0 Å². The highest BCUT2D eigenvalue weighted by Crippen LogP contribution is 2.22. The van der Waals surface area contributed by atoms with Gasteiger partial charge in [0.05, 0.1) is 0 Å². The van der Waals surface area contributed by atoms with Crippen molar-refractivity contribution in [1.29, 1.82) is 0 Å². The number of amides is 1. The summed E-state index contributed by atoms with van der Waals surface area (Å²) in [5.41, 5.74) is 2.45. The van der Waals surface area contributed by atoms with E-state index in [-0.39, 0.29) is 11.9 Å². The maximum absolute atomic E-state index is 12.3. The molecule has 29 heavy (non-hydrogen) atoms. The van der Waals surface area contributed by atoms with Gasteiger partial charge in [-0.15, -0.1) is 15.3 Å². The van der Waals surface area contributed by atoms with Crippen LogP contribution in [0.3, 0.4) is 0 Å². The van der Waals surface area contributed by atoms with Crippen molar-refractivity contribution in [1.82, 2.24) is 25.1 Å². The van der Waals surface area contributed by atoms with Crippen LogP contribution in [-0.2, 0) is 0 Å². The number of rotatable bonds is 4. The molecule has 3 aromatic heterocycles. The Balaban J connectivity index is 1.30. The molecule has 1 aliphatic heterocycles. The van der Waals surface area contributed by atoms with Crippen molar-refractivity contribution < 1.29 is 4.79 Å². The second-order valence-corrected chi connectivity index (χ2v) is 7.88. The van der Waals surface area contributed by atoms with Gasteiger partial charge in [0, 0.05) is 35.6 Å². The van der Waals surface area contributed by atoms with Crippen molar-refractivity contribution in [2.24, 2.45) is 0 Å². The molecule has 4 aromatic rings. The molecule has 0 bridgehead atoms. The number of nitrogens with zero attached hydrogens (tertiary/aromatic N) is 5. The van der Waals surface area contributed by atoms with E-state index in [1.54, 1.807) is 4.52 Å². The first kappa shape index (κ1) is 17.8. The Hall–Kier alpha value is -3.26. The molecule has 146 valence electrons. The second kappa shape index (κ2) is 7.63. The fraction of sp³-hybridized carbons (Fsp3) is 0.238. The Kier molecular flexibility index (Phi) is 4.69. The third-order valence-electron chi connectivity index (χ3n) is 5.22. The van der Waals surface area contributed by atoms with Crippen LogP contribution in [0.15, 0.2) is 59.3 Å². The van der Waals surface area contributed by atoms with E-state index in [4.69, 9.17) is 5.10 Å². The van der Waals surface area contributed by atoms with Crippen LogP contribution in [0.5, 0.6) is 0 Å². The van der Waals surface area contributed by atoms with Crippen molar-refractivity contribution in [2.75, 3.05) is 18.0 Å². The number of piperidine rings is 1. The Bertz CT molecular complexity index is 1120. The van der Waals surface area contributed by atoms with Crippen molar-refractivity contribution in [2.45, 2.75) is 18.9 Å². The van der Waals surface area contributed by atoms with Crippen LogP contribution in [0.1, 0.15) is 23.2 Å². The number of benzene rings is 1. The van der Waals surface area contributed by atoms with Crippen LogP contribution in [-0.4, -0.2) is 44.8 Å². The lowest BCUT2D eigenvalue weighted by Gasteiger charge is -2.33. The van der Waals surface area contributed by atoms with Gasteiger partial charge in [-0.25, -0.2) is 0 Å². The molecule has 1 aliphatic rings. The predicted molar refractivity (Wildman–Crippen MR) is 113 cm³/mol. The number of thiophene rings is 1. The zero-order valence-electron chi connectivity index (χ0n) is 15.7. The topological polar surface area (TPSA) is 75.4 Å². The third kappa shape index (κ3) is 3.58. The van der Waals surface area contributed by atoms with Crippen molar-refractivity contribution in [3.05, 3.63) is 64.9 Å². The standard InChI is InChI=1S/C21H20N6OS/c28-21(16-10-13-29-14-16)22-17-8-11-26(12-9-17)19-7-6-18-23-24-20(27(18)25-19)15-4-2-1-3-5-15/h1-7,10,13-14,17H,8-9,11-12H2,(H,22,28). The van der Waals surface area contributed by atoms with Gasteiger partial charge < -0.3 is 10.2 Å². The fourth-order valence-electron chi connectivity index (χ4n) is 3.63. The predicted octanol–water partition coefficient (Wildman–Crippen LogP) is 3.25. The average Bonchev–Trinajstić information content (AvgIpc) is 3.45. The maximum atomic E-state index is 12.3. The summed E-state index contributed by atoms with van der Waals surface area (Å²) in [6.45, 7) is 1.69. The molecule has 0 spiro atoms. The highest BCUT2D eigenvalue weighted by atomic mass is 32.1. The summed E-state index contributed by atoms with van der Waals surface area (Å²) < 4.78 is 1.80. The normalized spacial score (nSPS) is 15.0. The van der Waals surface area contributed by atoms with Crippen LogP contribution in [0.2, 0.25) is 0 Å². The summed E-state index contributed by atoms with van der Waals surface area (Å²) in [6.07, 6.45) is 1.78. The van der Waals surface area contributed by atoms with Crippen LogP contribution >= 0.6 is 11.3 Å². The summed E-state index contributed by atoms with van der Waals surface area (Å²) in [7, 11) is 0. The number of carbonyl (C=O) groups excluding carboxylic acids is 1. The minimum Gasteiger partial charge on any atom is -0.355 e. The molecule has 1 N–H and O–H groups in total. The Morgan fingerprint density at radius 2 is 1.86 bits per heavy atom. The Morgan fingerprint density at radius 1 is 1.03 bits per heavy atom. The van der Waals surface area contributed by atoms with E-state index in [2.05, 4.69) is 20.4 Å². The van der Waals surface area contributed by atoms with E-state index in [1.165, 1.54) is 11.3 Å². The van der Waals surface area contributed by atoms with E-state index in [1.807, 2.05) is 59.3 Å². The average molecular weight is 404 g/mol. The minimum atomic E-state index is 0.0150. The van der Waals surface area contributed by atoms with E-state index >= 15 is 0 Å². The van der Waals surface area contributed by atoms with Crippen molar-refractivity contribution >= 4 is 28.7 Å².